The quantitative estimate of drug-likeness (QED) is 0.525. The maximum absolute atomic E-state index is 10.1. The van der Waals surface area contributed by atoms with Crippen LogP contribution in [0, 0.1) is 5.41 Å². The number of ether oxygens (including phenoxy) is 1. The van der Waals surface area contributed by atoms with Crippen molar-refractivity contribution in [2.45, 2.75) is 64.2 Å². The standard InChI is InChI=1S/C15H29N3O2/c1-5-16-13(17-10-15(19)7-6-8-15)18-11-9-12(20-4)14(11,2)3/h11-12,19H,5-10H2,1-4H3,(H2,16,17,18). The summed E-state index contributed by atoms with van der Waals surface area (Å²) in [6.07, 6.45) is 4.16. The third kappa shape index (κ3) is 3.09. The summed E-state index contributed by atoms with van der Waals surface area (Å²) in [7, 11) is 1.77. The van der Waals surface area contributed by atoms with Crippen molar-refractivity contribution in [3.05, 3.63) is 0 Å². The third-order valence-electron chi connectivity index (χ3n) is 4.93. The van der Waals surface area contributed by atoms with Crippen LogP contribution in [0.2, 0.25) is 0 Å². The lowest BCUT2D eigenvalue weighted by atomic mass is 9.64. The molecule has 0 bridgehead atoms. The molecule has 2 fully saturated rings. The number of aliphatic imine (C=N–C) groups is 1. The summed E-state index contributed by atoms with van der Waals surface area (Å²) in [5.74, 6) is 0.806. The maximum Gasteiger partial charge on any atom is 0.191 e. The predicted molar refractivity (Wildman–Crippen MR) is 80.9 cm³/mol. The first-order valence-corrected chi connectivity index (χ1v) is 7.71. The molecule has 2 unspecified atom stereocenters. The van der Waals surface area contributed by atoms with Gasteiger partial charge >= 0.3 is 0 Å². The Labute approximate surface area is 122 Å². The Hall–Kier alpha value is -0.810. The van der Waals surface area contributed by atoms with Crippen molar-refractivity contribution in [2.24, 2.45) is 10.4 Å². The van der Waals surface area contributed by atoms with Gasteiger partial charge in [0.15, 0.2) is 5.96 Å². The summed E-state index contributed by atoms with van der Waals surface area (Å²) in [6.45, 7) is 7.80. The minimum absolute atomic E-state index is 0.109. The molecule has 0 aromatic rings. The van der Waals surface area contributed by atoms with Gasteiger partial charge in [-0.1, -0.05) is 13.8 Å². The molecule has 116 valence electrons. The van der Waals surface area contributed by atoms with Crippen molar-refractivity contribution in [1.82, 2.24) is 10.6 Å². The van der Waals surface area contributed by atoms with Gasteiger partial charge in [0.1, 0.15) is 0 Å². The Bertz CT molecular complexity index is 364. The van der Waals surface area contributed by atoms with Crippen molar-refractivity contribution in [1.29, 1.82) is 0 Å². The topological polar surface area (TPSA) is 65.9 Å². The number of nitrogens with one attached hydrogen (secondary N) is 2. The number of rotatable bonds is 5. The molecule has 0 aromatic heterocycles. The Kier molecular flexibility index (Phi) is 4.59. The molecular formula is C15H29N3O2. The molecule has 0 spiro atoms. The highest BCUT2D eigenvalue weighted by molar-refractivity contribution is 5.80. The Balaban J connectivity index is 1.91. The van der Waals surface area contributed by atoms with Crippen molar-refractivity contribution in [3.8, 4) is 0 Å². The lowest BCUT2D eigenvalue weighted by Crippen LogP contribution is -2.63. The van der Waals surface area contributed by atoms with E-state index in [4.69, 9.17) is 4.74 Å². The smallest absolute Gasteiger partial charge is 0.191 e. The normalized spacial score (nSPS) is 31.1. The second-order valence-corrected chi connectivity index (χ2v) is 6.75. The van der Waals surface area contributed by atoms with Crippen LogP contribution in [0.4, 0.5) is 0 Å². The van der Waals surface area contributed by atoms with Crippen LogP contribution < -0.4 is 10.6 Å². The monoisotopic (exact) mass is 283 g/mol. The molecule has 5 nitrogen and oxygen atoms in total. The predicted octanol–water partition coefficient (Wildman–Crippen LogP) is 1.27. The summed E-state index contributed by atoms with van der Waals surface area (Å²) in [5.41, 5.74) is -0.454. The lowest BCUT2D eigenvalue weighted by Gasteiger charge is -2.51. The van der Waals surface area contributed by atoms with Crippen LogP contribution >= 0.6 is 0 Å². The van der Waals surface area contributed by atoms with E-state index >= 15 is 0 Å². The molecule has 0 amide bonds. The largest absolute Gasteiger partial charge is 0.388 e. The van der Waals surface area contributed by atoms with Gasteiger partial charge in [-0.05, 0) is 32.6 Å². The van der Waals surface area contributed by atoms with E-state index in [0.717, 1.165) is 38.2 Å². The summed E-state index contributed by atoms with van der Waals surface area (Å²) in [5, 5.41) is 16.9. The van der Waals surface area contributed by atoms with Gasteiger partial charge in [0, 0.05) is 25.1 Å². The van der Waals surface area contributed by atoms with Gasteiger partial charge in [0.2, 0.25) is 0 Å². The van der Waals surface area contributed by atoms with Gasteiger partial charge in [-0.25, -0.2) is 0 Å². The van der Waals surface area contributed by atoms with Crippen LogP contribution in [0.15, 0.2) is 4.99 Å². The van der Waals surface area contributed by atoms with E-state index in [1.807, 2.05) is 0 Å². The van der Waals surface area contributed by atoms with Gasteiger partial charge in [-0.15, -0.1) is 0 Å². The van der Waals surface area contributed by atoms with Crippen molar-refractivity contribution >= 4 is 5.96 Å². The molecule has 0 aliphatic heterocycles. The number of methoxy groups -OCH3 is 1. The van der Waals surface area contributed by atoms with Gasteiger partial charge < -0.3 is 20.5 Å². The molecule has 0 aromatic carbocycles. The molecule has 2 aliphatic rings. The number of aliphatic hydroxyl groups is 1. The Morgan fingerprint density at radius 1 is 1.40 bits per heavy atom. The van der Waals surface area contributed by atoms with Gasteiger partial charge in [-0.3, -0.25) is 4.99 Å². The fourth-order valence-electron chi connectivity index (χ4n) is 2.98. The molecule has 0 saturated heterocycles. The molecule has 0 heterocycles. The van der Waals surface area contributed by atoms with Crippen LogP contribution in [0.1, 0.15) is 46.5 Å². The fourth-order valence-corrected chi connectivity index (χ4v) is 2.98. The SMILES string of the molecule is CCNC(=NCC1(O)CCC1)NC1CC(OC)C1(C)C. The molecule has 2 rings (SSSR count). The van der Waals surface area contributed by atoms with E-state index in [9.17, 15) is 5.11 Å². The molecule has 20 heavy (non-hydrogen) atoms. The number of nitrogens with zero attached hydrogens (tertiary/aromatic N) is 1. The molecule has 2 atom stereocenters. The van der Waals surface area contributed by atoms with Crippen LogP contribution in [-0.2, 0) is 4.74 Å². The lowest BCUT2D eigenvalue weighted by molar-refractivity contribution is -0.0923. The van der Waals surface area contributed by atoms with E-state index in [-0.39, 0.29) is 5.41 Å². The van der Waals surface area contributed by atoms with Crippen LogP contribution in [0.25, 0.3) is 0 Å². The van der Waals surface area contributed by atoms with Gasteiger partial charge in [0.25, 0.3) is 0 Å². The van der Waals surface area contributed by atoms with Crippen molar-refractivity contribution < 1.29 is 9.84 Å². The highest BCUT2D eigenvalue weighted by Gasteiger charge is 2.49. The highest BCUT2D eigenvalue weighted by atomic mass is 16.5. The minimum atomic E-state index is -0.563. The second kappa shape index (κ2) is 5.90. The zero-order chi connectivity index (χ0) is 14.8. The molecule has 2 aliphatic carbocycles. The average molecular weight is 283 g/mol. The second-order valence-electron chi connectivity index (χ2n) is 6.75. The first-order chi connectivity index (χ1) is 9.41. The van der Waals surface area contributed by atoms with E-state index in [1.165, 1.54) is 0 Å². The molecule has 0 radical (unpaired) electrons. The fraction of sp³-hybridized carbons (Fsp3) is 0.933. The summed E-state index contributed by atoms with van der Waals surface area (Å²) in [4.78, 5) is 4.55. The average Bonchev–Trinajstić information content (AvgIpc) is 2.37. The molecule has 5 heteroatoms. The van der Waals surface area contributed by atoms with E-state index in [1.54, 1.807) is 7.11 Å². The minimum Gasteiger partial charge on any atom is -0.388 e. The van der Waals surface area contributed by atoms with E-state index in [2.05, 4.69) is 36.4 Å². The number of hydrogen-bond acceptors (Lipinski definition) is 3. The maximum atomic E-state index is 10.1. The van der Waals surface area contributed by atoms with E-state index < -0.39 is 5.60 Å². The van der Waals surface area contributed by atoms with Gasteiger partial charge in [0.05, 0.1) is 18.2 Å². The third-order valence-corrected chi connectivity index (χ3v) is 4.93. The molecule has 2 saturated carbocycles. The summed E-state index contributed by atoms with van der Waals surface area (Å²) in [6, 6.07) is 0.362. The summed E-state index contributed by atoms with van der Waals surface area (Å²) >= 11 is 0. The number of hydrogen-bond donors (Lipinski definition) is 3. The zero-order valence-electron chi connectivity index (χ0n) is 13.2. The Morgan fingerprint density at radius 2 is 2.10 bits per heavy atom. The summed E-state index contributed by atoms with van der Waals surface area (Å²) < 4.78 is 5.47. The van der Waals surface area contributed by atoms with E-state index in [0.29, 0.717) is 18.7 Å². The highest BCUT2D eigenvalue weighted by Crippen LogP contribution is 2.42. The first-order valence-electron chi connectivity index (χ1n) is 7.71. The van der Waals surface area contributed by atoms with Crippen molar-refractivity contribution in [2.75, 3.05) is 20.2 Å². The molecular weight excluding hydrogens is 254 g/mol. The number of guanidine groups is 1. The first kappa shape index (κ1) is 15.6. The van der Waals surface area contributed by atoms with Crippen LogP contribution in [0.3, 0.4) is 0 Å². The Morgan fingerprint density at radius 3 is 2.55 bits per heavy atom. The molecule has 3 N–H and O–H groups in total. The van der Waals surface area contributed by atoms with Crippen molar-refractivity contribution in [3.63, 3.8) is 0 Å². The zero-order valence-corrected chi connectivity index (χ0v) is 13.2. The van der Waals surface area contributed by atoms with Crippen LogP contribution in [0.5, 0.6) is 0 Å². The van der Waals surface area contributed by atoms with Crippen LogP contribution in [-0.4, -0.2) is 49.0 Å². The van der Waals surface area contributed by atoms with Gasteiger partial charge in [-0.2, -0.15) is 0 Å².